The summed E-state index contributed by atoms with van der Waals surface area (Å²) in [7, 11) is 0. The summed E-state index contributed by atoms with van der Waals surface area (Å²) in [5.74, 6) is 0. The number of hydrogen-bond donors (Lipinski definition) is 0. The highest BCUT2D eigenvalue weighted by molar-refractivity contribution is 6.31. The van der Waals surface area contributed by atoms with Crippen molar-refractivity contribution in [1.82, 2.24) is 0 Å². The smallest absolute Gasteiger partial charge is 0.231 e. The SMILES string of the molecule is [O-][n+]1cccc2cc(Cl)cc(/C(=C/c3ccccc3)c3ccccc3)c21. The molecule has 26 heavy (non-hydrogen) atoms. The number of pyridine rings is 1. The number of aromatic nitrogens is 1. The van der Waals surface area contributed by atoms with Crippen LogP contribution < -0.4 is 4.73 Å². The molecule has 0 bridgehead atoms. The molecule has 0 atom stereocenters. The van der Waals surface area contributed by atoms with Gasteiger partial charge in [0.25, 0.3) is 0 Å². The quantitative estimate of drug-likeness (QED) is 0.262. The molecule has 3 heteroatoms. The first-order valence-electron chi connectivity index (χ1n) is 8.36. The molecule has 3 aromatic carbocycles. The van der Waals surface area contributed by atoms with Crippen molar-refractivity contribution in [3.05, 3.63) is 118 Å². The van der Waals surface area contributed by atoms with Gasteiger partial charge in [0.15, 0.2) is 6.20 Å². The molecule has 4 rings (SSSR count). The number of halogens is 1. The van der Waals surface area contributed by atoms with Crippen molar-refractivity contribution in [1.29, 1.82) is 0 Å². The Bertz CT molecular complexity index is 1090. The maximum atomic E-state index is 12.5. The summed E-state index contributed by atoms with van der Waals surface area (Å²) >= 11 is 6.37. The Hall–Kier alpha value is -3.10. The lowest BCUT2D eigenvalue weighted by Gasteiger charge is -2.12. The van der Waals surface area contributed by atoms with E-state index in [1.54, 1.807) is 6.07 Å². The molecule has 4 aromatic rings. The van der Waals surface area contributed by atoms with Gasteiger partial charge >= 0.3 is 0 Å². The number of rotatable bonds is 3. The molecule has 0 spiro atoms. The van der Waals surface area contributed by atoms with Crippen molar-refractivity contribution in [2.24, 2.45) is 0 Å². The molecule has 0 aliphatic carbocycles. The fourth-order valence-corrected chi connectivity index (χ4v) is 3.37. The third kappa shape index (κ3) is 3.19. The average molecular weight is 358 g/mol. The van der Waals surface area contributed by atoms with Gasteiger partial charge in [0.05, 0.1) is 5.56 Å². The first kappa shape index (κ1) is 16.4. The first-order chi connectivity index (χ1) is 12.7. The van der Waals surface area contributed by atoms with Crippen molar-refractivity contribution >= 4 is 34.2 Å². The maximum absolute atomic E-state index is 12.5. The van der Waals surface area contributed by atoms with Crippen LogP contribution in [0.4, 0.5) is 0 Å². The Labute approximate surface area is 157 Å². The second-order valence-electron chi connectivity index (χ2n) is 6.06. The second-order valence-corrected chi connectivity index (χ2v) is 6.50. The molecule has 0 fully saturated rings. The monoisotopic (exact) mass is 357 g/mol. The molecule has 2 nitrogen and oxygen atoms in total. The normalized spacial score (nSPS) is 11.7. The van der Waals surface area contributed by atoms with E-state index >= 15 is 0 Å². The zero-order valence-electron chi connectivity index (χ0n) is 14.0. The summed E-state index contributed by atoms with van der Waals surface area (Å²) in [6.07, 6.45) is 3.61. The fourth-order valence-electron chi connectivity index (χ4n) is 3.15. The molecule has 126 valence electrons. The molecule has 0 aliphatic heterocycles. The third-order valence-electron chi connectivity index (χ3n) is 4.31. The molecule has 0 unspecified atom stereocenters. The minimum absolute atomic E-state index is 0.605. The molecule has 0 aliphatic rings. The lowest BCUT2D eigenvalue weighted by molar-refractivity contribution is -0.577. The van der Waals surface area contributed by atoms with E-state index in [0.29, 0.717) is 10.5 Å². The van der Waals surface area contributed by atoms with Crippen LogP contribution in [-0.4, -0.2) is 0 Å². The third-order valence-corrected chi connectivity index (χ3v) is 4.53. The van der Waals surface area contributed by atoms with Crippen molar-refractivity contribution in [2.75, 3.05) is 0 Å². The Kier molecular flexibility index (Phi) is 4.42. The van der Waals surface area contributed by atoms with E-state index in [2.05, 4.69) is 6.08 Å². The van der Waals surface area contributed by atoms with Gasteiger partial charge in [-0.3, -0.25) is 0 Å². The average Bonchev–Trinajstić information content (AvgIpc) is 2.67. The van der Waals surface area contributed by atoms with Gasteiger partial charge in [0.1, 0.15) is 0 Å². The number of fused-ring (bicyclic) bond motifs is 1. The Morgan fingerprint density at radius 1 is 0.846 bits per heavy atom. The molecule has 1 heterocycles. The molecule has 0 radical (unpaired) electrons. The molecule has 0 N–H and O–H groups in total. The van der Waals surface area contributed by atoms with E-state index in [1.165, 1.54) is 6.20 Å². The van der Waals surface area contributed by atoms with Crippen molar-refractivity contribution < 1.29 is 4.73 Å². The zero-order valence-corrected chi connectivity index (χ0v) is 14.7. The van der Waals surface area contributed by atoms with Crippen LogP contribution in [0.1, 0.15) is 16.7 Å². The topological polar surface area (TPSA) is 26.9 Å². The number of hydrogen-bond acceptors (Lipinski definition) is 1. The van der Waals surface area contributed by atoms with E-state index in [-0.39, 0.29) is 0 Å². The predicted molar refractivity (Wildman–Crippen MR) is 108 cm³/mol. The summed E-state index contributed by atoms with van der Waals surface area (Å²) in [5.41, 5.74) is 4.48. The van der Waals surface area contributed by atoms with Crippen LogP contribution >= 0.6 is 11.6 Å². The van der Waals surface area contributed by atoms with Crippen molar-refractivity contribution in [3.63, 3.8) is 0 Å². The van der Waals surface area contributed by atoms with Gasteiger partial charge in [-0.05, 0) is 41.0 Å². The summed E-state index contributed by atoms with van der Waals surface area (Å²) < 4.78 is 0.906. The van der Waals surface area contributed by atoms with E-state index < -0.39 is 0 Å². The largest absolute Gasteiger partial charge is 0.618 e. The molecule has 0 saturated carbocycles. The van der Waals surface area contributed by atoms with E-state index in [0.717, 1.165) is 32.4 Å². The van der Waals surface area contributed by atoms with Gasteiger partial charge in [-0.25, -0.2) is 0 Å². The van der Waals surface area contributed by atoms with E-state index in [9.17, 15) is 5.21 Å². The van der Waals surface area contributed by atoms with E-state index in [1.807, 2.05) is 78.9 Å². The molecular formula is C23H16ClNO. The maximum Gasteiger partial charge on any atom is 0.231 e. The van der Waals surface area contributed by atoms with Gasteiger partial charge in [-0.2, -0.15) is 4.73 Å². The van der Waals surface area contributed by atoms with Crippen molar-refractivity contribution in [3.8, 4) is 0 Å². The Morgan fingerprint density at radius 2 is 1.54 bits per heavy atom. The van der Waals surface area contributed by atoms with Crippen LogP contribution in [0.3, 0.4) is 0 Å². The lowest BCUT2D eigenvalue weighted by Crippen LogP contribution is -2.27. The first-order valence-corrected chi connectivity index (χ1v) is 8.74. The summed E-state index contributed by atoms with van der Waals surface area (Å²) in [5, 5.41) is 14.0. The minimum Gasteiger partial charge on any atom is -0.618 e. The van der Waals surface area contributed by atoms with E-state index in [4.69, 9.17) is 11.6 Å². The van der Waals surface area contributed by atoms with Crippen LogP contribution in [-0.2, 0) is 0 Å². The summed E-state index contributed by atoms with van der Waals surface area (Å²) in [6.45, 7) is 0. The molecule has 0 saturated heterocycles. The van der Waals surface area contributed by atoms with Gasteiger partial charge in [-0.15, -0.1) is 0 Å². The predicted octanol–water partition coefficient (Wildman–Crippen LogP) is 5.72. The van der Waals surface area contributed by atoms with Gasteiger partial charge in [0.2, 0.25) is 5.52 Å². The van der Waals surface area contributed by atoms with Crippen LogP contribution in [0.25, 0.3) is 22.6 Å². The minimum atomic E-state index is 0.605. The second kappa shape index (κ2) is 7.03. The van der Waals surface area contributed by atoms with Gasteiger partial charge in [-0.1, -0.05) is 72.3 Å². The Balaban J connectivity index is 2.05. The summed E-state index contributed by atoms with van der Waals surface area (Å²) in [4.78, 5) is 0. The van der Waals surface area contributed by atoms with Crippen LogP contribution in [0, 0.1) is 5.21 Å². The highest BCUT2D eigenvalue weighted by Gasteiger charge is 2.17. The zero-order chi connectivity index (χ0) is 17.9. The van der Waals surface area contributed by atoms with Gasteiger partial charge in [0, 0.05) is 16.5 Å². The molecular weight excluding hydrogens is 342 g/mol. The standard InChI is InChI=1S/C23H16ClNO/c24-20-15-19-12-7-13-25(26)23(19)22(16-20)21(18-10-5-2-6-11-18)14-17-8-3-1-4-9-17/h1-16H/b21-14+. The molecule has 0 amide bonds. The van der Waals surface area contributed by atoms with Gasteiger partial charge < -0.3 is 5.21 Å². The number of nitrogens with zero attached hydrogens (tertiary/aromatic N) is 1. The van der Waals surface area contributed by atoms with Crippen molar-refractivity contribution in [2.45, 2.75) is 0 Å². The van der Waals surface area contributed by atoms with Crippen LogP contribution in [0.5, 0.6) is 0 Å². The fraction of sp³-hybridized carbons (Fsp3) is 0. The Morgan fingerprint density at radius 3 is 2.27 bits per heavy atom. The summed E-state index contributed by atoms with van der Waals surface area (Å²) in [6, 6.07) is 27.4. The van der Waals surface area contributed by atoms with Crippen LogP contribution in [0.2, 0.25) is 5.02 Å². The lowest BCUT2D eigenvalue weighted by atomic mass is 9.93. The highest BCUT2D eigenvalue weighted by atomic mass is 35.5. The highest BCUT2D eigenvalue weighted by Crippen LogP contribution is 2.32. The van der Waals surface area contributed by atoms with Crippen LogP contribution in [0.15, 0.2) is 91.1 Å². The molecule has 1 aromatic heterocycles. The number of benzene rings is 3.